The Bertz CT molecular complexity index is 510. The minimum absolute atomic E-state index is 0.254. The van der Waals surface area contributed by atoms with Crippen molar-refractivity contribution in [2.75, 3.05) is 18.4 Å². The maximum Gasteiger partial charge on any atom is 0.278 e. The van der Waals surface area contributed by atoms with Gasteiger partial charge in [-0.3, -0.25) is 25.2 Å². The molecule has 0 aromatic heterocycles. The van der Waals surface area contributed by atoms with Gasteiger partial charge in [-0.25, -0.2) is 0 Å². The highest BCUT2D eigenvalue weighted by Gasteiger charge is 2.17. The van der Waals surface area contributed by atoms with Crippen molar-refractivity contribution in [3.05, 3.63) is 38.4 Å². The van der Waals surface area contributed by atoms with Crippen molar-refractivity contribution in [3.8, 4) is 0 Å². The van der Waals surface area contributed by atoms with E-state index in [9.17, 15) is 20.2 Å². The fraction of sp³-hybridized carbons (Fsp3) is 0.222. The largest absolute Gasteiger partial charge is 0.354 e. The number of nitrogens with zero attached hydrogens (tertiary/aromatic N) is 3. The summed E-state index contributed by atoms with van der Waals surface area (Å²) in [6.45, 7) is 1.26. The molecule has 18 heavy (non-hydrogen) atoms. The first-order chi connectivity index (χ1) is 8.56. The SMILES string of the molecule is O=[N+]([O-])c1cc(NC2=NCCN2)cc([N+](=O)[O-])c1. The van der Waals surface area contributed by atoms with Crippen molar-refractivity contribution >= 4 is 23.0 Å². The van der Waals surface area contributed by atoms with E-state index in [4.69, 9.17) is 0 Å². The summed E-state index contributed by atoms with van der Waals surface area (Å²) in [4.78, 5) is 24.0. The van der Waals surface area contributed by atoms with Gasteiger partial charge in [-0.1, -0.05) is 0 Å². The van der Waals surface area contributed by atoms with E-state index in [1.54, 1.807) is 0 Å². The van der Waals surface area contributed by atoms with Crippen molar-refractivity contribution in [3.63, 3.8) is 0 Å². The van der Waals surface area contributed by atoms with E-state index in [0.717, 1.165) is 6.07 Å². The number of aliphatic imine (C=N–C) groups is 1. The van der Waals surface area contributed by atoms with Gasteiger partial charge in [0.25, 0.3) is 11.4 Å². The zero-order valence-corrected chi connectivity index (χ0v) is 9.12. The normalized spacial score (nSPS) is 13.7. The molecule has 9 nitrogen and oxygen atoms in total. The molecule has 0 aliphatic carbocycles. The predicted octanol–water partition coefficient (Wildman–Crippen LogP) is 0.874. The van der Waals surface area contributed by atoms with Crippen molar-refractivity contribution < 1.29 is 9.85 Å². The van der Waals surface area contributed by atoms with E-state index in [1.165, 1.54) is 12.1 Å². The van der Waals surface area contributed by atoms with Crippen LogP contribution in [0.15, 0.2) is 23.2 Å². The zero-order chi connectivity index (χ0) is 13.1. The van der Waals surface area contributed by atoms with Crippen molar-refractivity contribution in [1.29, 1.82) is 0 Å². The zero-order valence-electron chi connectivity index (χ0n) is 9.12. The summed E-state index contributed by atoms with van der Waals surface area (Å²) < 4.78 is 0. The standard InChI is InChI=1S/C9H9N5O4/c15-13(16)7-3-6(4-8(5-7)14(17)18)12-9-10-1-2-11-9/h3-5H,1-2H2,(H2,10,11,12). The Labute approximate surface area is 101 Å². The molecule has 1 aromatic rings. The molecule has 2 N–H and O–H groups in total. The molecule has 0 bridgehead atoms. The topological polar surface area (TPSA) is 123 Å². The van der Waals surface area contributed by atoms with Gasteiger partial charge in [-0.15, -0.1) is 0 Å². The molecule has 2 rings (SSSR count). The lowest BCUT2D eigenvalue weighted by Gasteiger charge is -2.06. The predicted molar refractivity (Wildman–Crippen MR) is 63.7 cm³/mol. The Morgan fingerprint density at radius 2 is 1.78 bits per heavy atom. The van der Waals surface area contributed by atoms with E-state index >= 15 is 0 Å². The number of anilines is 1. The molecular formula is C9H9N5O4. The van der Waals surface area contributed by atoms with E-state index < -0.39 is 9.85 Å². The number of rotatable bonds is 3. The van der Waals surface area contributed by atoms with Crippen molar-refractivity contribution in [2.45, 2.75) is 0 Å². The summed E-state index contributed by atoms with van der Waals surface area (Å²) in [6, 6.07) is 3.35. The first-order valence-electron chi connectivity index (χ1n) is 5.05. The molecule has 1 aromatic carbocycles. The summed E-state index contributed by atoms with van der Waals surface area (Å²) in [7, 11) is 0. The first kappa shape index (κ1) is 11.8. The molecule has 1 aliphatic heterocycles. The average molecular weight is 251 g/mol. The highest BCUT2D eigenvalue weighted by atomic mass is 16.6. The third-order valence-corrected chi connectivity index (χ3v) is 2.26. The fourth-order valence-electron chi connectivity index (χ4n) is 1.50. The van der Waals surface area contributed by atoms with E-state index in [0.29, 0.717) is 19.0 Å². The quantitative estimate of drug-likeness (QED) is 0.607. The van der Waals surface area contributed by atoms with Crippen LogP contribution in [0.5, 0.6) is 0 Å². The highest BCUT2D eigenvalue weighted by Crippen LogP contribution is 2.25. The Morgan fingerprint density at radius 3 is 2.22 bits per heavy atom. The molecule has 9 heteroatoms. The summed E-state index contributed by atoms with van der Waals surface area (Å²) in [5.41, 5.74) is -0.431. The second-order valence-electron chi connectivity index (χ2n) is 3.53. The molecule has 0 spiro atoms. The number of non-ortho nitro benzene ring substituents is 2. The van der Waals surface area contributed by atoms with Crippen molar-refractivity contribution in [2.24, 2.45) is 4.99 Å². The highest BCUT2D eigenvalue weighted by molar-refractivity contribution is 5.95. The summed E-state index contributed by atoms with van der Waals surface area (Å²) >= 11 is 0. The van der Waals surface area contributed by atoms with Gasteiger partial charge in [-0.2, -0.15) is 0 Å². The Kier molecular flexibility index (Phi) is 3.04. The van der Waals surface area contributed by atoms with Crippen LogP contribution in [-0.2, 0) is 0 Å². The number of guanidine groups is 1. The number of nitro groups is 2. The second-order valence-corrected chi connectivity index (χ2v) is 3.53. The maximum atomic E-state index is 10.7. The number of hydrogen-bond donors (Lipinski definition) is 2. The van der Waals surface area contributed by atoms with Crippen molar-refractivity contribution in [1.82, 2.24) is 5.32 Å². The molecule has 1 heterocycles. The Morgan fingerprint density at radius 1 is 1.17 bits per heavy atom. The summed E-state index contributed by atoms with van der Waals surface area (Å²) in [5.74, 6) is 0.449. The van der Waals surface area contributed by atoms with Gasteiger partial charge in [-0.05, 0) is 0 Å². The molecule has 0 amide bonds. The molecule has 94 valence electrons. The number of benzene rings is 1. The second kappa shape index (κ2) is 4.65. The van der Waals surface area contributed by atoms with Gasteiger partial charge >= 0.3 is 0 Å². The summed E-state index contributed by atoms with van der Waals surface area (Å²) in [5, 5.41) is 27.0. The lowest BCUT2D eigenvalue weighted by Crippen LogP contribution is -2.26. The van der Waals surface area contributed by atoms with Crippen LogP contribution in [0.4, 0.5) is 17.1 Å². The number of nitro benzene ring substituents is 2. The fourth-order valence-corrected chi connectivity index (χ4v) is 1.50. The first-order valence-corrected chi connectivity index (χ1v) is 5.05. The summed E-state index contributed by atoms with van der Waals surface area (Å²) in [6.07, 6.45) is 0. The molecule has 0 radical (unpaired) electrons. The lowest BCUT2D eigenvalue weighted by atomic mass is 10.2. The van der Waals surface area contributed by atoms with Crippen LogP contribution >= 0.6 is 0 Å². The van der Waals surface area contributed by atoms with Crippen LogP contribution < -0.4 is 10.6 Å². The van der Waals surface area contributed by atoms with Crippen LogP contribution in [0.25, 0.3) is 0 Å². The van der Waals surface area contributed by atoms with Crippen LogP contribution in [0, 0.1) is 20.2 Å². The molecule has 0 fully saturated rings. The molecule has 1 aliphatic rings. The molecule has 0 atom stereocenters. The van der Waals surface area contributed by atoms with Gasteiger partial charge < -0.3 is 10.6 Å². The average Bonchev–Trinajstić information content (AvgIpc) is 2.81. The van der Waals surface area contributed by atoms with Gasteiger partial charge in [0.05, 0.1) is 28.1 Å². The maximum absolute atomic E-state index is 10.7. The monoisotopic (exact) mass is 251 g/mol. The molecule has 0 saturated heterocycles. The van der Waals surface area contributed by atoms with Gasteiger partial charge in [0.1, 0.15) is 0 Å². The van der Waals surface area contributed by atoms with E-state index in [1.807, 2.05) is 0 Å². The smallest absolute Gasteiger partial charge is 0.278 e. The van der Waals surface area contributed by atoms with E-state index in [2.05, 4.69) is 15.6 Å². The van der Waals surface area contributed by atoms with Crippen LogP contribution in [0.2, 0.25) is 0 Å². The lowest BCUT2D eigenvalue weighted by molar-refractivity contribution is -0.394. The minimum Gasteiger partial charge on any atom is -0.354 e. The van der Waals surface area contributed by atoms with Crippen LogP contribution in [0.3, 0.4) is 0 Å². The molecule has 0 unspecified atom stereocenters. The third-order valence-electron chi connectivity index (χ3n) is 2.26. The molecular weight excluding hydrogens is 242 g/mol. The number of nitrogens with one attached hydrogen (secondary N) is 2. The van der Waals surface area contributed by atoms with Gasteiger partial charge in [0.15, 0.2) is 5.96 Å². The Balaban J connectivity index is 2.33. The third kappa shape index (κ3) is 2.51. The Hall–Kier alpha value is -2.71. The molecule has 0 saturated carbocycles. The van der Waals surface area contributed by atoms with E-state index in [-0.39, 0.29) is 17.1 Å². The van der Waals surface area contributed by atoms with Gasteiger partial charge in [0.2, 0.25) is 0 Å². The van der Waals surface area contributed by atoms with Gasteiger partial charge in [0, 0.05) is 18.7 Å². The minimum atomic E-state index is -0.679. The number of hydrogen-bond acceptors (Lipinski definition) is 7. The van der Waals surface area contributed by atoms with Crippen LogP contribution in [0.1, 0.15) is 0 Å². The van der Waals surface area contributed by atoms with Crippen LogP contribution in [-0.4, -0.2) is 28.9 Å².